The van der Waals surface area contributed by atoms with E-state index in [1.807, 2.05) is 68.4 Å². The molecule has 0 saturated heterocycles. The third kappa shape index (κ3) is 8.00. The van der Waals surface area contributed by atoms with Crippen molar-refractivity contribution in [3.05, 3.63) is 131 Å². The van der Waals surface area contributed by atoms with Gasteiger partial charge in [0.25, 0.3) is 10.0 Å². The van der Waals surface area contributed by atoms with E-state index in [1.165, 1.54) is 0 Å². The third-order valence-corrected chi connectivity index (χ3v) is 10.3. The number of amides is 2. The van der Waals surface area contributed by atoms with E-state index in [0.717, 1.165) is 52.2 Å². The van der Waals surface area contributed by atoms with Crippen LogP contribution in [0.4, 0.5) is 5.69 Å². The first-order valence-electron chi connectivity index (χ1n) is 15.5. The second kappa shape index (κ2) is 14.6. The van der Waals surface area contributed by atoms with Gasteiger partial charge in [-0.05, 0) is 67.6 Å². The zero-order valence-corrected chi connectivity index (χ0v) is 26.7. The molecule has 5 rings (SSSR count). The monoisotopic (exact) mass is 623 g/mol. The summed E-state index contributed by atoms with van der Waals surface area (Å²) < 4.78 is 29.4. The van der Waals surface area contributed by atoms with Gasteiger partial charge in [-0.3, -0.25) is 13.9 Å². The first-order valence-corrected chi connectivity index (χ1v) is 17.0. The third-order valence-electron chi connectivity index (χ3n) is 8.51. The number of nitrogens with zero attached hydrogens (tertiary/aromatic N) is 2. The lowest BCUT2D eigenvalue weighted by Crippen LogP contribution is -2.54. The fourth-order valence-corrected chi connectivity index (χ4v) is 7.27. The van der Waals surface area contributed by atoms with E-state index in [1.54, 1.807) is 59.5 Å². The van der Waals surface area contributed by atoms with E-state index in [-0.39, 0.29) is 23.4 Å². The van der Waals surface area contributed by atoms with E-state index >= 15 is 0 Å². The topological polar surface area (TPSA) is 86.8 Å². The molecule has 1 saturated carbocycles. The minimum atomic E-state index is -4.12. The molecule has 0 bridgehead atoms. The van der Waals surface area contributed by atoms with Crippen LogP contribution in [0.3, 0.4) is 0 Å². The Kier molecular flexibility index (Phi) is 10.4. The molecule has 7 nitrogen and oxygen atoms in total. The summed E-state index contributed by atoms with van der Waals surface area (Å²) in [4.78, 5) is 30.3. The van der Waals surface area contributed by atoms with Gasteiger partial charge < -0.3 is 10.2 Å². The van der Waals surface area contributed by atoms with Crippen molar-refractivity contribution in [1.29, 1.82) is 0 Å². The summed E-state index contributed by atoms with van der Waals surface area (Å²) in [6, 6.07) is 31.9. The van der Waals surface area contributed by atoms with E-state index in [2.05, 4.69) is 5.32 Å². The van der Waals surface area contributed by atoms with Crippen molar-refractivity contribution in [3.63, 3.8) is 0 Å². The van der Waals surface area contributed by atoms with Crippen molar-refractivity contribution in [2.45, 2.75) is 69.5 Å². The van der Waals surface area contributed by atoms with Gasteiger partial charge in [0.2, 0.25) is 11.8 Å². The zero-order valence-electron chi connectivity index (χ0n) is 25.9. The normalized spacial score (nSPS) is 14.1. The minimum absolute atomic E-state index is 0.0638. The van der Waals surface area contributed by atoms with Crippen LogP contribution < -0.4 is 9.62 Å². The van der Waals surface area contributed by atoms with Crippen LogP contribution >= 0.6 is 0 Å². The molecule has 8 heteroatoms. The van der Waals surface area contributed by atoms with Crippen molar-refractivity contribution < 1.29 is 18.0 Å². The molecule has 1 N–H and O–H groups in total. The average Bonchev–Trinajstić information content (AvgIpc) is 3.56. The highest BCUT2D eigenvalue weighted by molar-refractivity contribution is 7.92. The molecule has 1 unspecified atom stereocenters. The maximum atomic E-state index is 14.6. The van der Waals surface area contributed by atoms with Crippen molar-refractivity contribution in [1.82, 2.24) is 10.2 Å². The number of hydrogen-bond acceptors (Lipinski definition) is 4. The Morgan fingerprint density at radius 1 is 0.800 bits per heavy atom. The Morgan fingerprint density at radius 3 is 2.04 bits per heavy atom. The fourth-order valence-electron chi connectivity index (χ4n) is 5.85. The van der Waals surface area contributed by atoms with Crippen LogP contribution in [0.2, 0.25) is 0 Å². The van der Waals surface area contributed by atoms with E-state index in [0.29, 0.717) is 12.1 Å². The highest BCUT2D eigenvalue weighted by Crippen LogP contribution is 2.26. The molecule has 4 aromatic rings. The van der Waals surface area contributed by atoms with Gasteiger partial charge in [0.05, 0.1) is 10.6 Å². The highest BCUT2D eigenvalue weighted by Gasteiger charge is 2.35. The summed E-state index contributed by atoms with van der Waals surface area (Å²) >= 11 is 0. The predicted octanol–water partition coefficient (Wildman–Crippen LogP) is 6.20. The summed E-state index contributed by atoms with van der Waals surface area (Å²) in [5.41, 5.74) is 4.09. The molecule has 0 spiro atoms. The molecule has 0 aromatic heterocycles. The Balaban J connectivity index is 1.56. The Morgan fingerprint density at radius 2 is 1.40 bits per heavy atom. The van der Waals surface area contributed by atoms with Gasteiger partial charge in [-0.2, -0.15) is 0 Å². The molecule has 1 atom stereocenters. The maximum absolute atomic E-state index is 14.6. The molecule has 1 aliphatic rings. The number of anilines is 1. The number of sulfonamides is 1. The fraction of sp³-hybridized carbons (Fsp3) is 0.297. The Hall–Kier alpha value is -4.43. The molecule has 45 heavy (non-hydrogen) atoms. The van der Waals surface area contributed by atoms with Gasteiger partial charge in [-0.1, -0.05) is 103 Å². The second-order valence-electron chi connectivity index (χ2n) is 11.8. The van der Waals surface area contributed by atoms with Crippen molar-refractivity contribution in [2.75, 3.05) is 10.8 Å². The van der Waals surface area contributed by atoms with Crippen molar-refractivity contribution in [2.24, 2.45) is 0 Å². The van der Waals surface area contributed by atoms with E-state index in [4.69, 9.17) is 0 Å². The molecule has 1 aliphatic carbocycles. The number of para-hydroxylation sites is 1. The van der Waals surface area contributed by atoms with E-state index < -0.39 is 28.5 Å². The minimum Gasteiger partial charge on any atom is -0.352 e. The number of hydrogen-bond donors (Lipinski definition) is 1. The first-order chi connectivity index (χ1) is 21.7. The molecule has 234 valence electrons. The van der Waals surface area contributed by atoms with Gasteiger partial charge in [0, 0.05) is 19.0 Å². The summed E-state index contributed by atoms with van der Waals surface area (Å²) in [5, 5.41) is 3.22. The van der Waals surface area contributed by atoms with Crippen LogP contribution in [0.5, 0.6) is 0 Å². The lowest BCUT2D eigenvalue weighted by molar-refractivity contribution is -0.140. The van der Waals surface area contributed by atoms with Crippen molar-refractivity contribution in [3.8, 4) is 0 Å². The van der Waals surface area contributed by atoms with Crippen LogP contribution in [-0.4, -0.2) is 43.8 Å². The van der Waals surface area contributed by atoms with Gasteiger partial charge in [-0.15, -0.1) is 0 Å². The van der Waals surface area contributed by atoms with Gasteiger partial charge in [0.15, 0.2) is 0 Å². The standard InChI is InChI=1S/C37H41N3O4S/c1-28-21-23-34(24-22-28)45(43,44)40(33-19-7-4-8-20-33)27-36(41)39(26-31-16-10-9-13-29(31)2)35(25-30-14-5-3-6-15-30)37(42)38-32-17-11-12-18-32/h3-10,13-16,19-24,32,35H,11-12,17-18,25-27H2,1-2H3,(H,38,42). The van der Waals surface area contributed by atoms with Crippen LogP contribution in [-0.2, 0) is 32.6 Å². The zero-order chi connectivity index (χ0) is 31.8. The van der Waals surface area contributed by atoms with E-state index in [9.17, 15) is 18.0 Å². The molecular formula is C37H41N3O4S. The summed E-state index contributed by atoms with van der Waals surface area (Å²) in [6.45, 7) is 3.56. The van der Waals surface area contributed by atoms with Gasteiger partial charge in [-0.25, -0.2) is 8.42 Å². The number of carbonyl (C=O) groups is 2. The Labute approximate surface area is 266 Å². The maximum Gasteiger partial charge on any atom is 0.264 e. The highest BCUT2D eigenvalue weighted by atomic mass is 32.2. The molecule has 1 fully saturated rings. The summed E-state index contributed by atoms with van der Waals surface area (Å²) in [6.07, 6.45) is 4.23. The second-order valence-corrected chi connectivity index (χ2v) is 13.7. The lowest BCUT2D eigenvalue weighted by atomic mass is 10.0. The molecule has 0 aliphatic heterocycles. The summed E-state index contributed by atoms with van der Waals surface area (Å²) in [7, 11) is -4.12. The molecule has 0 heterocycles. The van der Waals surface area contributed by atoms with Crippen LogP contribution in [0.15, 0.2) is 114 Å². The summed E-state index contributed by atoms with van der Waals surface area (Å²) in [5.74, 6) is -0.680. The quantitative estimate of drug-likeness (QED) is 0.204. The number of benzene rings is 4. The number of nitrogens with one attached hydrogen (secondary N) is 1. The van der Waals surface area contributed by atoms with Crippen molar-refractivity contribution >= 4 is 27.5 Å². The number of rotatable bonds is 12. The van der Waals surface area contributed by atoms with Crippen LogP contribution in [0.25, 0.3) is 0 Å². The average molecular weight is 624 g/mol. The largest absolute Gasteiger partial charge is 0.352 e. The molecule has 4 aromatic carbocycles. The van der Waals surface area contributed by atoms with Gasteiger partial charge >= 0.3 is 0 Å². The first kappa shape index (κ1) is 32.0. The molecule has 0 radical (unpaired) electrons. The number of aryl methyl sites for hydroxylation is 2. The SMILES string of the molecule is Cc1ccc(S(=O)(=O)N(CC(=O)N(Cc2ccccc2C)C(Cc2ccccc2)C(=O)NC2CCCC2)c2ccccc2)cc1. The Bertz CT molecular complexity index is 1690. The molecule has 2 amide bonds. The van der Waals surface area contributed by atoms with Gasteiger partial charge in [0.1, 0.15) is 12.6 Å². The van der Waals surface area contributed by atoms with Crippen LogP contribution in [0.1, 0.15) is 47.9 Å². The number of carbonyl (C=O) groups excluding carboxylic acids is 2. The molecular weight excluding hydrogens is 582 g/mol. The lowest BCUT2D eigenvalue weighted by Gasteiger charge is -2.34. The predicted molar refractivity (Wildman–Crippen MR) is 178 cm³/mol. The van der Waals surface area contributed by atoms with Crippen LogP contribution in [0, 0.1) is 13.8 Å². The smallest absolute Gasteiger partial charge is 0.264 e.